The van der Waals surface area contributed by atoms with Crippen LogP contribution in [0.3, 0.4) is 0 Å². The molecule has 0 aliphatic rings. The number of hydrogen-bond donors (Lipinski definition) is 0. The SMILES string of the molecule is c1ccc2c(c1)sc1c(-c3ccc4oc5ccc(-c6ncnc7c6sc6ccccc67)cc5c4c3)ccnc12. The Hall–Kier alpha value is -4.65. The molecule has 5 aromatic heterocycles. The molecule has 182 valence electrons. The normalized spacial score (nSPS) is 12.1. The van der Waals surface area contributed by atoms with E-state index in [4.69, 9.17) is 14.4 Å². The fourth-order valence-electron chi connectivity index (χ4n) is 5.65. The van der Waals surface area contributed by atoms with Crippen molar-refractivity contribution in [2.75, 3.05) is 0 Å². The molecule has 4 aromatic carbocycles. The minimum atomic E-state index is 0.870. The molecule has 0 saturated carbocycles. The summed E-state index contributed by atoms with van der Waals surface area (Å²) in [5.74, 6) is 0. The van der Waals surface area contributed by atoms with Crippen LogP contribution < -0.4 is 0 Å². The summed E-state index contributed by atoms with van der Waals surface area (Å²) in [7, 11) is 0. The van der Waals surface area contributed by atoms with Crippen molar-refractivity contribution in [3.05, 3.63) is 104 Å². The van der Waals surface area contributed by atoms with Gasteiger partial charge in [0.15, 0.2) is 0 Å². The minimum Gasteiger partial charge on any atom is -0.456 e. The van der Waals surface area contributed by atoms with Crippen LogP contribution in [0.1, 0.15) is 0 Å². The fraction of sp³-hybridized carbons (Fsp3) is 0. The zero-order valence-electron chi connectivity index (χ0n) is 20.4. The van der Waals surface area contributed by atoms with Crippen molar-refractivity contribution in [3.8, 4) is 22.4 Å². The van der Waals surface area contributed by atoms with E-state index in [2.05, 4.69) is 96.0 Å². The number of aromatic nitrogens is 3. The molecule has 0 atom stereocenters. The second kappa shape index (κ2) is 7.93. The van der Waals surface area contributed by atoms with Crippen molar-refractivity contribution in [3.63, 3.8) is 0 Å². The second-order valence-corrected chi connectivity index (χ2v) is 11.8. The maximum absolute atomic E-state index is 6.27. The van der Waals surface area contributed by atoms with Crippen LogP contribution in [0, 0.1) is 0 Å². The fourth-order valence-corrected chi connectivity index (χ4v) is 8.02. The molecule has 9 aromatic rings. The topological polar surface area (TPSA) is 51.8 Å². The monoisotopic (exact) mass is 535 g/mol. The molecule has 9 rings (SSSR count). The molecule has 4 nitrogen and oxygen atoms in total. The Labute approximate surface area is 229 Å². The molecule has 6 heteroatoms. The van der Waals surface area contributed by atoms with E-state index in [1.165, 1.54) is 30.4 Å². The van der Waals surface area contributed by atoms with E-state index in [0.29, 0.717) is 0 Å². The maximum atomic E-state index is 6.27. The molecule has 0 spiro atoms. The van der Waals surface area contributed by atoms with Gasteiger partial charge in [-0.2, -0.15) is 0 Å². The Morgan fingerprint density at radius 2 is 1.18 bits per heavy atom. The van der Waals surface area contributed by atoms with Crippen LogP contribution in [0.15, 0.2) is 108 Å². The van der Waals surface area contributed by atoms with Gasteiger partial charge in [0.25, 0.3) is 0 Å². The van der Waals surface area contributed by atoms with Crippen LogP contribution in [0.2, 0.25) is 0 Å². The average molecular weight is 536 g/mol. The molecule has 0 unspecified atom stereocenters. The highest BCUT2D eigenvalue weighted by Crippen LogP contribution is 2.42. The highest BCUT2D eigenvalue weighted by Gasteiger charge is 2.16. The molecule has 5 heterocycles. The average Bonchev–Trinajstić information content (AvgIpc) is 3.67. The summed E-state index contributed by atoms with van der Waals surface area (Å²) in [6.45, 7) is 0. The predicted octanol–water partition coefficient (Wildman–Crippen LogP) is 9.84. The summed E-state index contributed by atoms with van der Waals surface area (Å²) in [5.41, 5.74) is 8.17. The van der Waals surface area contributed by atoms with Gasteiger partial charge in [-0.05, 0) is 54.1 Å². The third kappa shape index (κ3) is 3.07. The van der Waals surface area contributed by atoms with Crippen LogP contribution in [0.25, 0.3) is 84.9 Å². The van der Waals surface area contributed by atoms with E-state index in [-0.39, 0.29) is 0 Å². The number of furan rings is 1. The van der Waals surface area contributed by atoms with E-state index in [1.54, 1.807) is 29.0 Å². The smallest absolute Gasteiger partial charge is 0.135 e. The Morgan fingerprint density at radius 1 is 0.538 bits per heavy atom. The van der Waals surface area contributed by atoms with Crippen molar-refractivity contribution >= 4 is 85.2 Å². The van der Waals surface area contributed by atoms with E-state index >= 15 is 0 Å². The lowest BCUT2D eigenvalue weighted by Crippen LogP contribution is -1.86. The number of hydrogen-bond acceptors (Lipinski definition) is 6. The molecule has 0 N–H and O–H groups in total. The van der Waals surface area contributed by atoms with E-state index in [0.717, 1.165) is 54.5 Å². The second-order valence-electron chi connectivity index (χ2n) is 9.66. The summed E-state index contributed by atoms with van der Waals surface area (Å²) in [4.78, 5) is 14.1. The van der Waals surface area contributed by atoms with Crippen LogP contribution >= 0.6 is 22.7 Å². The van der Waals surface area contributed by atoms with Gasteiger partial charge in [0.1, 0.15) is 17.5 Å². The number of pyridine rings is 1. The molecule has 0 radical (unpaired) electrons. The van der Waals surface area contributed by atoms with Crippen molar-refractivity contribution < 1.29 is 4.42 Å². The van der Waals surface area contributed by atoms with Crippen molar-refractivity contribution in [1.29, 1.82) is 0 Å². The van der Waals surface area contributed by atoms with Crippen molar-refractivity contribution in [2.24, 2.45) is 0 Å². The lowest BCUT2D eigenvalue weighted by molar-refractivity contribution is 0.669. The molecule has 0 amide bonds. The van der Waals surface area contributed by atoms with Crippen LogP contribution in [-0.4, -0.2) is 15.0 Å². The van der Waals surface area contributed by atoms with Gasteiger partial charge in [-0.1, -0.05) is 42.5 Å². The molecule has 0 saturated heterocycles. The van der Waals surface area contributed by atoms with Gasteiger partial charge in [-0.3, -0.25) is 4.98 Å². The summed E-state index contributed by atoms with van der Waals surface area (Å²) in [5, 5.41) is 4.55. The summed E-state index contributed by atoms with van der Waals surface area (Å²) < 4.78 is 11.1. The van der Waals surface area contributed by atoms with Crippen molar-refractivity contribution in [2.45, 2.75) is 0 Å². The van der Waals surface area contributed by atoms with Gasteiger partial charge < -0.3 is 4.42 Å². The molecule has 0 fully saturated rings. The first-order chi connectivity index (χ1) is 19.3. The quantitative estimate of drug-likeness (QED) is 0.221. The first kappa shape index (κ1) is 21.3. The summed E-state index contributed by atoms with van der Waals surface area (Å²) in [6, 6.07) is 31.9. The Bertz CT molecular complexity index is 2250. The highest BCUT2D eigenvalue weighted by atomic mass is 32.1. The first-order valence-electron chi connectivity index (χ1n) is 12.7. The Morgan fingerprint density at radius 3 is 1.95 bits per heavy atom. The lowest BCUT2D eigenvalue weighted by atomic mass is 10.0. The van der Waals surface area contributed by atoms with Gasteiger partial charge in [-0.15, -0.1) is 22.7 Å². The molecular weight excluding hydrogens is 519 g/mol. The Kier molecular flexibility index (Phi) is 4.33. The molecule has 0 aliphatic heterocycles. The number of thiophene rings is 2. The third-order valence-electron chi connectivity index (χ3n) is 7.47. The molecule has 0 bridgehead atoms. The molecule has 39 heavy (non-hydrogen) atoms. The van der Waals surface area contributed by atoms with Gasteiger partial charge in [0.05, 0.1) is 26.1 Å². The number of nitrogens with zero attached hydrogens (tertiary/aromatic N) is 3. The molecule has 0 aliphatic carbocycles. The van der Waals surface area contributed by atoms with Gasteiger partial charge in [0.2, 0.25) is 0 Å². The third-order valence-corrected chi connectivity index (χ3v) is 9.83. The van der Waals surface area contributed by atoms with E-state index in [1.807, 2.05) is 6.20 Å². The summed E-state index contributed by atoms with van der Waals surface area (Å²) in [6.07, 6.45) is 3.59. The van der Waals surface area contributed by atoms with E-state index < -0.39 is 0 Å². The van der Waals surface area contributed by atoms with Crippen LogP contribution in [0.4, 0.5) is 0 Å². The summed E-state index contributed by atoms with van der Waals surface area (Å²) >= 11 is 3.54. The van der Waals surface area contributed by atoms with Gasteiger partial charge in [0, 0.05) is 48.3 Å². The van der Waals surface area contributed by atoms with Crippen LogP contribution in [-0.2, 0) is 0 Å². The highest BCUT2D eigenvalue weighted by molar-refractivity contribution is 7.26. The number of rotatable bonds is 2. The first-order valence-corrected chi connectivity index (χ1v) is 14.3. The van der Waals surface area contributed by atoms with Gasteiger partial charge >= 0.3 is 0 Å². The Balaban J connectivity index is 1.26. The minimum absolute atomic E-state index is 0.870. The largest absolute Gasteiger partial charge is 0.456 e. The van der Waals surface area contributed by atoms with Crippen molar-refractivity contribution in [1.82, 2.24) is 15.0 Å². The maximum Gasteiger partial charge on any atom is 0.135 e. The van der Waals surface area contributed by atoms with Gasteiger partial charge in [-0.25, -0.2) is 9.97 Å². The van der Waals surface area contributed by atoms with E-state index in [9.17, 15) is 0 Å². The standard InChI is InChI=1S/C33H17N3OS2/c1-3-7-27-21(5-1)30-32(38-27)20(13-14-34-30)18-9-11-25-23(15-18)24-16-19(10-12-26(24)37-25)29-33-31(36-17-35-29)22-6-2-4-8-28(22)39-33/h1-17H. The molecular formula is C33H17N3OS2. The lowest BCUT2D eigenvalue weighted by Gasteiger charge is -2.04. The zero-order valence-corrected chi connectivity index (χ0v) is 22.0. The number of benzene rings is 4. The van der Waals surface area contributed by atoms with Crippen LogP contribution in [0.5, 0.6) is 0 Å². The zero-order chi connectivity index (χ0) is 25.5. The predicted molar refractivity (Wildman–Crippen MR) is 164 cm³/mol. The number of fused-ring (bicyclic) bond motifs is 9.